The first-order valence-electron chi connectivity index (χ1n) is 3.14. The molecule has 1 aliphatic heterocycles. The fourth-order valence-electron chi connectivity index (χ4n) is 1.02. The predicted molar refractivity (Wildman–Crippen MR) is 32.6 cm³/mol. The SMILES string of the molecule is O=C(O)C[C@]1(O)CCOC1. The fraction of sp³-hybridized carbons (Fsp3) is 0.833. The van der Waals surface area contributed by atoms with Gasteiger partial charge in [0.1, 0.15) is 5.60 Å². The predicted octanol–water partition coefficient (Wildman–Crippen LogP) is -0.387. The lowest BCUT2D eigenvalue weighted by atomic mass is 10.00. The van der Waals surface area contributed by atoms with Gasteiger partial charge in [0.05, 0.1) is 13.0 Å². The van der Waals surface area contributed by atoms with E-state index in [2.05, 4.69) is 0 Å². The minimum absolute atomic E-state index is 0.152. The van der Waals surface area contributed by atoms with Crippen LogP contribution in [0.1, 0.15) is 12.8 Å². The molecule has 1 heterocycles. The van der Waals surface area contributed by atoms with Crippen molar-refractivity contribution < 1.29 is 19.7 Å². The summed E-state index contributed by atoms with van der Waals surface area (Å²) in [4.78, 5) is 10.1. The van der Waals surface area contributed by atoms with Gasteiger partial charge in [-0.1, -0.05) is 0 Å². The summed E-state index contributed by atoms with van der Waals surface area (Å²) in [7, 11) is 0. The van der Waals surface area contributed by atoms with Gasteiger partial charge >= 0.3 is 5.97 Å². The van der Waals surface area contributed by atoms with Crippen LogP contribution in [0.2, 0.25) is 0 Å². The van der Waals surface area contributed by atoms with Gasteiger partial charge in [0.25, 0.3) is 0 Å². The molecule has 1 atom stereocenters. The average molecular weight is 146 g/mol. The van der Waals surface area contributed by atoms with E-state index in [1.807, 2.05) is 0 Å². The Morgan fingerprint density at radius 3 is 2.80 bits per heavy atom. The molecule has 0 saturated carbocycles. The number of carboxylic acids is 1. The smallest absolute Gasteiger partial charge is 0.306 e. The number of rotatable bonds is 2. The molecule has 0 aromatic carbocycles. The van der Waals surface area contributed by atoms with Gasteiger partial charge in [-0.25, -0.2) is 0 Å². The van der Waals surface area contributed by atoms with E-state index >= 15 is 0 Å². The molecule has 0 aliphatic carbocycles. The van der Waals surface area contributed by atoms with Crippen LogP contribution in [0.3, 0.4) is 0 Å². The molecule has 0 unspecified atom stereocenters. The van der Waals surface area contributed by atoms with E-state index in [1.165, 1.54) is 0 Å². The van der Waals surface area contributed by atoms with E-state index in [-0.39, 0.29) is 13.0 Å². The van der Waals surface area contributed by atoms with E-state index in [4.69, 9.17) is 9.84 Å². The van der Waals surface area contributed by atoms with Gasteiger partial charge in [0.2, 0.25) is 0 Å². The molecular formula is C6H10O4. The minimum Gasteiger partial charge on any atom is -0.481 e. The maximum Gasteiger partial charge on any atom is 0.306 e. The molecule has 0 aromatic heterocycles. The molecule has 0 radical (unpaired) electrons. The third-order valence-corrected chi connectivity index (χ3v) is 1.56. The molecule has 58 valence electrons. The van der Waals surface area contributed by atoms with Crippen LogP contribution in [0.4, 0.5) is 0 Å². The van der Waals surface area contributed by atoms with Crippen molar-refractivity contribution in [1.82, 2.24) is 0 Å². The van der Waals surface area contributed by atoms with Crippen molar-refractivity contribution >= 4 is 5.97 Å². The molecular weight excluding hydrogens is 136 g/mol. The van der Waals surface area contributed by atoms with Crippen LogP contribution in [0.5, 0.6) is 0 Å². The molecule has 1 aliphatic rings. The highest BCUT2D eigenvalue weighted by molar-refractivity contribution is 5.68. The van der Waals surface area contributed by atoms with Crippen molar-refractivity contribution in [3.05, 3.63) is 0 Å². The Bertz CT molecular complexity index is 137. The normalized spacial score (nSPS) is 32.5. The highest BCUT2D eigenvalue weighted by Crippen LogP contribution is 2.21. The van der Waals surface area contributed by atoms with Crippen molar-refractivity contribution in [2.24, 2.45) is 0 Å². The monoisotopic (exact) mass is 146 g/mol. The Balaban J connectivity index is 2.43. The maximum absolute atomic E-state index is 10.1. The van der Waals surface area contributed by atoms with E-state index in [0.717, 1.165) is 0 Å². The zero-order chi connectivity index (χ0) is 7.61. The molecule has 0 spiro atoms. The Kier molecular flexibility index (Phi) is 1.92. The zero-order valence-corrected chi connectivity index (χ0v) is 5.54. The summed E-state index contributed by atoms with van der Waals surface area (Å²) in [6.07, 6.45) is 0.215. The molecule has 4 heteroatoms. The summed E-state index contributed by atoms with van der Waals surface area (Å²) in [5.74, 6) is -0.979. The zero-order valence-electron chi connectivity index (χ0n) is 5.54. The van der Waals surface area contributed by atoms with E-state index < -0.39 is 11.6 Å². The largest absolute Gasteiger partial charge is 0.481 e. The molecule has 0 bridgehead atoms. The summed E-state index contributed by atoms with van der Waals surface area (Å²) in [6.45, 7) is 0.614. The number of hydrogen-bond acceptors (Lipinski definition) is 3. The van der Waals surface area contributed by atoms with Crippen LogP contribution in [0.15, 0.2) is 0 Å². The van der Waals surface area contributed by atoms with Gasteiger partial charge in [0, 0.05) is 13.0 Å². The van der Waals surface area contributed by atoms with Crippen LogP contribution in [-0.2, 0) is 9.53 Å². The molecule has 1 rings (SSSR count). The number of aliphatic hydroxyl groups is 1. The molecule has 10 heavy (non-hydrogen) atoms. The molecule has 1 fully saturated rings. The first kappa shape index (κ1) is 7.50. The fourth-order valence-corrected chi connectivity index (χ4v) is 1.02. The Labute approximate surface area is 58.4 Å². The molecule has 0 aromatic rings. The third kappa shape index (κ3) is 1.68. The first-order valence-corrected chi connectivity index (χ1v) is 3.14. The number of aliphatic carboxylic acids is 1. The van der Waals surface area contributed by atoms with Gasteiger partial charge in [-0.15, -0.1) is 0 Å². The average Bonchev–Trinajstić information content (AvgIpc) is 2.12. The Hall–Kier alpha value is -0.610. The number of carbonyl (C=O) groups is 1. The summed E-state index contributed by atoms with van der Waals surface area (Å²) in [5.41, 5.74) is -1.11. The van der Waals surface area contributed by atoms with Gasteiger partial charge < -0.3 is 14.9 Å². The van der Waals surface area contributed by atoms with Crippen LogP contribution < -0.4 is 0 Å². The van der Waals surface area contributed by atoms with Gasteiger partial charge in [-0.05, 0) is 0 Å². The van der Waals surface area contributed by atoms with E-state index in [1.54, 1.807) is 0 Å². The van der Waals surface area contributed by atoms with Crippen LogP contribution >= 0.6 is 0 Å². The second kappa shape index (κ2) is 2.56. The lowest BCUT2D eigenvalue weighted by Crippen LogP contribution is -2.31. The second-order valence-corrected chi connectivity index (χ2v) is 2.60. The Morgan fingerprint density at radius 2 is 2.40 bits per heavy atom. The van der Waals surface area contributed by atoms with Crippen LogP contribution in [-0.4, -0.2) is 35.0 Å². The molecule has 4 nitrogen and oxygen atoms in total. The molecule has 0 amide bonds. The van der Waals surface area contributed by atoms with E-state index in [0.29, 0.717) is 13.0 Å². The minimum atomic E-state index is -1.11. The Morgan fingerprint density at radius 1 is 1.70 bits per heavy atom. The highest BCUT2D eigenvalue weighted by Gasteiger charge is 2.34. The van der Waals surface area contributed by atoms with Crippen molar-refractivity contribution in [3.63, 3.8) is 0 Å². The van der Waals surface area contributed by atoms with Gasteiger partial charge in [0.15, 0.2) is 0 Å². The number of ether oxygens (including phenoxy) is 1. The number of carboxylic acid groups (broad SMARTS) is 1. The highest BCUT2D eigenvalue weighted by atomic mass is 16.5. The second-order valence-electron chi connectivity index (χ2n) is 2.60. The van der Waals surface area contributed by atoms with Crippen LogP contribution in [0.25, 0.3) is 0 Å². The van der Waals surface area contributed by atoms with Crippen molar-refractivity contribution in [2.75, 3.05) is 13.2 Å². The quantitative estimate of drug-likeness (QED) is 0.557. The van der Waals surface area contributed by atoms with Crippen molar-refractivity contribution in [2.45, 2.75) is 18.4 Å². The van der Waals surface area contributed by atoms with Gasteiger partial charge in [-0.2, -0.15) is 0 Å². The third-order valence-electron chi connectivity index (χ3n) is 1.56. The topological polar surface area (TPSA) is 66.8 Å². The molecule has 1 saturated heterocycles. The first-order chi connectivity index (χ1) is 4.62. The maximum atomic E-state index is 10.1. The summed E-state index contributed by atoms with van der Waals surface area (Å²) in [6, 6.07) is 0. The van der Waals surface area contributed by atoms with Crippen LogP contribution in [0, 0.1) is 0 Å². The summed E-state index contributed by atoms with van der Waals surface area (Å²) >= 11 is 0. The van der Waals surface area contributed by atoms with Crippen molar-refractivity contribution in [3.8, 4) is 0 Å². The summed E-state index contributed by atoms with van der Waals surface area (Å²) in [5, 5.41) is 17.7. The van der Waals surface area contributed by atoms with Gasteiger partial charge in [-0.3, -0.25) is 4.79 Å². The van der Waals surface area contributed by atoms with Crippen molar-refractivity contribution in [1.29, 1.82) is 0 Å². The summed E-state index contributed by atoms with van der Waals surface area (Å²) < 4.78 is 4.85. The molecule has 2 N–H and O–H groups in total. The lowest BCUT2D eigenvalue weighted by Gasteiger charge is -2.16. The lowest BCUT2D eigenvalue weighted by molar-refractivity contribution is -0.142. The van der Waals surface area contributed by atoms with E-state index in [9.17, 15) is 9.90 Å². The standard InChI is InChI=1S/C6H10O4/c7-5(8)3-6(9)1-2-10-4-6/h9H,1-4H2,(H,7,8)/t6-/m1/s1. The number of hydrogen-bond donors (Lipinski definition) is 2.